The van der Waals surface area contributed by atoms with Gasteiger partial charge in [0.2, 0.25) is 5.96 Å². The molecule has 0 aliphatic rings. The summed E-state index contributed by atoms with van der Waals surface area (Å²) in [5, 5.41) is 19.8. The molecule has 0 fully saturated rings. The molecule has 0 amide bonds. The van der Waals surface area contributed by atoms with Gasteiger partial charge in [-0.05, 0) is 27.3 Å². The number of aromatic nitrogens is 2. The fourth-order valence-electron chi connectivity index (χ4n) is 2.09. The summed E-state index contributed by atoms with van der Waals surface area (Å²) >= 11 is 5.92. The average Bonchev–Trinajstić information content (AvgIpc) is 3.11. The van der Waals surface area contributed by atoms with Crippen LogP contribution >= 0.6 is 11.6 Å². The Bertz CT molecular complexity index is 600. The van der Waals surface area contributed by atoms with Crippen LogP contribution in [-0.2, 0) is 0 Å². The number of halogens is 1. The van der Waals surface area contributed by atoms with Crippen LogP contribution in [0, 0.1) is 0 Å². The zero-order valence-electron chi connectivity index (χ0n) is 15.8. The molecule has 0 aromatic carbocycles. The summed E-state index contributed by atoms with van der Waals surface area (Å²) in [6, 6.07) is 0.214. The number of amidine groups is 1. The van der Waals surface area contributed by atoms with Gasteiger partial charge in [-0.3, -0.25) is 19.6 Å². The maximum Gasteiger partial charge on any atom is 0.201 e. The lowest BCUT2D eigenvalue weighted by atomic mass is 10.2. The van der Waals surface area contributed by atoms with E-state index in [1.165, 1.54) is 0 Å². The first-order valence-corrected chi connectivity index (χ1v) is 9.19. The van der Waals surface area contributed by atoms with Gasteiger partial charge in [-0.1, -0.05) is 6.08 Å². The van der Waals surface area contributed by atoms with Gasteiger partial charge < -0.3 is 15.7 Å². The van der Waals surface area contributed by atoms with E-state index >= 15 is 0 Å². The van der Waals surface area contributed by atoms with Crippen LogP contribution in [0.4, 0.5) is 5.69 Å². The van der Waals surface area contributed by atoms with Crippen LogP contribution < -0.4 is 10.6 Å². The van der Waals surface area contributed by atoms with E-state index in [-0.39, 0.29) is 18.7 Å². The molecule has 1 aromatic rings. The molecular formula is C17H30ClN7O. The number of aliphatic hydroxyl groups is 1. The molecule has 8 nitrogen and oxygen atoms in total. The SMILES string of the molecule is C=CCN=C(CCl)NC(=NCC)Nc1cnn(C(C)CCN(C)CO)c1. The lowest BCUT2D eigenvalue weighted by Gasteiger charge is -2.17. The first-order chi connectivity index (χ1) is 12.5. The molecule has 1 aromatic heterocycles. The molecule has 9 heteroatoms. The number of nitrogens with zero attached hydrogens (tertiary/aromatic N) is 5. The van der Waals surface area contributed by atoms with E-state index in [9.17, 15) is 0 Å². The number of aliphatic imine (C=N–C) groups is 2. The largest absolute Gasteiger partial charge is 0.381 e. The molecule has 0 aliphatic carbocycles. The third-order valence-corrected chi connectivity index (χ3v) is 3.86. The molecule has 0 aliphatic heterocycles. The van der Waals surface area contributed by atoms with Crippen molar-refractivity contribution in [2.75, 3.05) is 44.6 Å². The highest BCUT2D eigenvalue weighted by atomic mass is 35.5. The second kappa shape index (κ2) is 12.5. The minimum absolute atomic E-state index is 0.0530. The normalized spacial score (nSPS) is 13.8. The van der Waals surface area contributed by atoms with Crippen molar-refractivity contribution >= 4 is 29.1 Å². The van der Waals surface area contributed by atoms with Gasteiger partial charge in [0.1, 0.15) is 5.84 Å². The van der Waals surface area contributed by atoms with Crippen LogP contribution in [0.5, 0.6) is 0 Å². The highest BCUT2D eigenvalue weighted by molar-refractivity contribution is 6.30. The van der Waals surface area contributed by atoms with Gasteiger partial charge in [-0.15, -0.1) is 18.2 Å². The predicted octanol–water partition coefficient (Wildman–Crippen LogP) is 1.92. The van der Waals surface area contributed by atoms with Crippen molar-refractivity contribution in [3.8, 4) is 0 Å². The Balaban J connectivity index is 2.71. The maximum absolute atomic E-state index is 9.07. The Morgan fingerprint density at radius 1 is 1.54 bits per heavy atom. The summed E-state index contributed by atoms with van der Waals surface area (Å²) in [6.07, 6.45) is 6.27. The summed E-state index contributed by atoms with van der Waals surface area (Å²) in [6.45, 7) is 9.65. The average molecular weight is 384 g/mol. The summed E-state index contributed by atoms with van der Waals surface area (Å²) in [7, 11) is 1.88. The van der Waals surface area contributed by atoms with Gasteiger partial charge in [0.25, 0.3) is 0 Å². The third kappa shape index (κ3) is 7.99. The molecule has 146 valence electrons. The van der Waals surface area contributed by atoms with E-state index in [1.807, 2.05) is 29.7 Å². The summed E-state index contributed by atoms with van der Waals surface area (Å²) < 4.78 is 1.89. The highest BCUT2D eigenvalue weighted by Crippen LogP contribution is 2.14. The van der Waals surface area contributed by atoms with Crippen molar-refractivity contribution < 1.29 is 5.11 Å². The number of alkyl halides is 1. The molecule has 0 bridgehead atoms. The second-order valence-corrected chi connectivity index (χ2v) is 6.12. The topological polar surface area (TPSA) is 90.1 Å². The minimum Gasteiger partial charge on any atom is -0.381 e. The third-order valence-electron chi connectivity index (χ3n) is 3.60. The highest BCUT2D eigenvalue weighted by Gasteiger charge is 2.10. The van der Waals surface area contributed by atoms with Crippen LogP contribution in [0.2, 0.25) is 0 Å². The van der Waals surface area contributed by atoms with E-state index in [2.05, 4.69) is 39.2 Å². The lowest BCUT2D eigenvalue weighted by Crippen LogP contribution is -2.37. The van der Waals surface area contributed by atoms with Crippen molar-refractivity contribution in [3.05, 3.63) is 25.0 Å². The number of nitrogens with one attached hydrogen (secondary N) is 2. The van der Waals surface area contributed by atoms with Gasteiger partial charge in [0.05, 0.1) is 37.1 Å². The van der Waals surface area contributed by atoms with Gasteiger partial charge in [0, 0.05) is 19.3 Å². The van der Waals surface area contributed by atoms with Gasteiger partial charge in [0.15, 0.2) is 0 Å². The van der Waals surface area contributed by atoms with Crippen molar-refractivity contribution in [2.24, 2.45) is 9.98 Å². The van der Waals surface area contributed by atoms with Crippen molar-refractivity contribution in [2.45, 2.75) is 26.3 Å². The molecule has 26 heavy (non-hydrogen) atoms. The Morgan fingerprint density at radius 3 is 2.92 bits per heavy atom. The molecule has 0 saturated heterocycles. The molecule has 1 atom stereocenters. The van der Waals surface area contributed by atoms with Crippen molar-refractivity contribution in [3.63, 3.8) is 0 Å². The molecule has 0 saturated carbocycles. The fraction of sp³-hybridized carbons (Fsp3) is 0.588. The quantitative estimate of drug-likeness (QED) is 0.189. The summed E-state index contributed by atoms with van der Waals surface area (Å²) in [5.74, 6) is 1.45. The number of guanidine groups is 1. The van der Waals surface area contributed by atoms with Gasteiger partial charge in [-0.25, -0.2) is 0 Å². The first-order valence-electron chi connectivity index (χ1n) is 8.66. The predicted molar refractivity (Wildman–Crippen MR) is 109 cm³/mol. The Morgan fingerprint density at radius 2 is 2.31 bits per heavy atom. The Kier molecular flexibility index (Phi) is 10.6. The number of rotatable bonds is 10. The van der Waals surface area contributed by atoms with Crippen molar-refractivity contribution in [1.82, 2.24) is 20.0 Å². The first kappa shape index (κ1) is 22.1. The van der Waals surface area contributed by atoms with Gasteiger partial charge >= 0.3 is 0 Å². The molecule has 0 spiro atoms. The van der Waals surface area contributed by atoms with E-state index in [4.69, 9.17) is 16.7 Å². The molecular weight excluding hydrogens is 354 g/mol. The zero-order valence-corrected chi connectivity index (χ0v) is 16.6. The second-order valence-electron chi connectivity index (χ2n) is 5.85. The molecule has 1 rings (SSSR count). The Hall–Kier alpha value is -1.90. The smallest absolute Gasteiger partial charge is 0.201 e. The maximum atomic E-state index is 9.07. The van der Waals surface area contributed by atoms with E-state index < -0.39 is 0 Å². The number of anilines is 1. The number of hydrogen-bond donors (Lipinski definition) is 3. The van der Waals surface area contributed by atoms with Crippen LogP contribution in [0.3, 0.4) is 0 Å². The molecule has 3 N–H and O–H groups in total. The summed E-state index contributed by atoms with van der Waals surface area (Å²) in [4.78, 5) is 10.5. The summed E-state index contributed by atoms with van der Waals surface area (Å²) in [5.41, 5.74) is 0.824. The molecule has 1 heterocycles. The monoisotopic (exact) mass is 383 g/mol. The van der Waals surface area contributed by atoms with Gasteiger partial charge in [-0.2, -0.15) is 5.10 Å². The number of hydrogen-bond acceptors (Lipinski definition) is 5. The zero-order chi connectivity index (χ0) is 19.4. The van der Waals surface area contributed by atoms with E-state index in [1.54, 1.807) is 12.3 Å². The molecule has 1 unspecified atom stereocenters. The van der Waals surface area contributed by atoms with Crippen molar-refractivity contribution in [1.29, 1.82) is 0 Å². The lowest BCUT2D eigenvalue weighted by molar-refractivity contribution is 0.127. The van der Waals surface area contributed by atoms with E-state index in [0.717, 1.165) is 18.7 Å². The minimum atomic E-state index is 0.0530. The van der Waals surface area contributed by atoms with Crippen LogP contribution in [0.25, 0.3) is 0 Å². The van der Waals surface area contributed by atoms with Crippen LogP contribution in [0.1, 0.15) is 26.3 Å². The van der Waals surface area contributed by atoms with E-state index in [0.29, 0.717) is 24.9 Å². The standard InChI is InChI=1S/C17H30ClN7O/c1-5-8-20-16(10-18)23-17(19-6-2)22-15-11-21-25(12-15)14(3)7-9-24(4)13-26/h5,11-12,14,26H,1,6-10,13H2,2-4H3,(H2,19,20,22,23). The van der Waals surface area contributed by atoms with Crippen LogP contribution in [0.15, 0.2) is 35.0 Å². The molecule has 0 radical (unpaired) electrons. The number of aliphatic hydroxyl groups excluding tert-OH is 1. The fourth-order valence-corrected chi connectivity index (χ4v) is 2.24. The Labute approximate surface area is 160 Å². The van der Waals surface area contributed by atoms with Crippen LogP contribution in [-0.4, -0.2) is 70.9 Å².